The summed E-state index contributed by atoms with van der Waals surface area (Å²) in [6.45, 7) is 0. The maximum Gasteiger partial charge on any atom is 0.160 e. The van der Waals surface area contributed by atoms with Crippen molar-refractivity contribution in [3.63, 3.8) is 0 Å². The standard InChI is InChI=1S/C7H3BrClNS/c8-7-10-5-3-4(9)1-2-6(5)11-7/h1-3H. The van der Waals surface area contributed by atoms with E-state index in [1.165, 1.54) is 0 Å². The normalized spacial score (nSPS) is 10.7. The average Bonchev–Trinajstić information content (AvgIpc) is 2.27. The quantitative estimate of drug-likeness (QED) is 0.692. The van der Waals surface area contributed by atoms with Gasteiger partial charge < -0.3 is 0 Å². The second-order valence-corrected chi connectivity index (χ2v) is 4.82. The van der Waals surface area contributed by atoms with Crippen LogP contribution in [0.25, 0.3) is 10.2 Å². The molecule has 0 atom stereocenters. The average molecular weight is 249 g/mol. The highest BCUT2D eigenvalue weighted by atomic mass is 79.9. The van der Waals surface area contributed by atoms with Gasteiger partial charge in [-0.05, 0) is 34.1 Å². The van der Waals surface area contributed by atoms with Gasteiger partial charge in [0.1, 0.15) is 0 Å². The van der Waals surface area contributed by atoms with Crippen molar-refractivity contribution in [2.45, 2.75) is 0 Å². The summed E-state index contributed by atoms with van der Waals surface area (Å²) < 4.78 is 2.05. The second kappa shape index (κ2) is 2.73. The summed E-state index contributed by atoms with van der Waals surface area (Å²) in [6.07, 6.45) is 0. The number of halogens is 2. The van der Waals surface area contributed by atoms with Gasteiger partial charge in [0.2, 0.25) is 0 Å². The Bertz CT molecular complexity index is 398. The molecule has 0 amide bonds. The van der Waals surface area contributed by atoms with Gasteiger partial charge in [0.25, 0.3) is 0 Å². The van der Waals surface area contributed by atoms with E-state index in [9.17, 15) is 0 Å². The fraction of sp³-hybridized carbons (Fsp3) is 0. The molecule has 0 bridgehead atoms. The third-order valence-corrected chi connectivity index (χ3v) is 3.05. The van der Waals surface area contributed by atoms with Crippen LogP contribution in [0, 0.1) is 0 Å². The fourth-order valence-electron chi connectivity index (χ4n) is 0.872. The Kier molecular flexibility index (Phi) is 1.87. The van der Waals surface area contributed by atoms with Gasteiger partial charge in [0.15, 0.2) is 3.92 Å². The number of nitrogens with zero attached hydrogens (tertiary/aromatic N) is 1. The minimum Gasteiger partial charge on any atom is -0.229 e. The van der Waals surface area contributed by atoms with Gasteiger partial charge in [-0.15, -0.1) is 11.3 Å². The molecule has 11 heavy (non-hydrogen) atoms. The number of aromatic nitrogens is 1. The summed E-state index contributed by atoms with van der Waals surface area (Å²) >= 11 is 10.7. The van der Waals surface area contributed by atoms with Gasteiger partial charge in [-0.25, -0.2) is 4.98 Å². The molecule has 1 heterocycles. The van der Waals surface area contributed by atoms with E-state index in [-0.39, 0.29) is 0 Å². The van der Waals surface area contributed by atoms with Crippen molar-refractivity contribution in [3.8, 4) is 0 Å². The van der Waals surface area contributed by atoms with E-state index in [4.69, 9.17) is 11.6 Å². The van der Waals surface area contributed by atoms with Crippen LogP contribution >= 0.6 is 38.9 Å². The Labute approximate surface area is 81.1 Å². The van der Waals surface area contributed by atoms with E-state index in [0.717, 1.165) is 19.2 Å². The molecule has 2 rings (SSSR count). The topological polar surface area (TPSA) is 12.9 Å². The summed E-state index contributed by atoms with van der Waals surface area (Å²) in [5, 5.41) is 0.732. The van der Waals surface area contributed by atoms with E-state index in [1.54, 1.807) is 11.3 Å². The first-order valence-corrected chi connectivity index (χ1v) is 4.96. The molecule has 0 N–H and O–H groups in total. The zero-order valence-corrected chi connectivity index (χ0v) is 8.50. The van der Waals surface area contributed by atoms with Crippen LogP contribution in [-0.4, -0.2) is 4.98 Å². The van der Waals surface area contributed by atoms with Crippen LogP contribution in [0.2, 0.25) is 5.02 Å². The molecule has 1 nitrogen and oxygen atoms in total. The van der Waals surface area contributed by atoms with Crippen LogP contribution in [-0.2, 0) is 0 Å². The molecule has 2 aromatic rings. The Morgan fingerprint density at radius 2 is 2.27 bits per heavy atom. The molecule has 0 aliphatic rings. The molecule has 1 aromatic carbocycles. The third-order valence-electron chi connectivity index (χ3n) is 1.32. The van der Waals surface area contributed by atoms with Gasteiger partial charge in [-0.3, -0.25) is 0 Å². The maximum absolute atomic E-state index is 5.78. The first-order chi connectivity index (χ1) is 5.25. The molecule has 0 fully saturated rings. The lowest BCUT2D eigenvalue weighted by Crippen LogP contribution is -1.66. The zero-order valence-electron chi connectivity index (χ0n) is 5.34. The zero-order chi connectivity index (χ0) is 7.84. The van der Waals surface area contributed by atoms with Crippen LogP contribution in [0.15, 0.2) is 22.1 Å². The minimum atomic E-state index is 0.732. The second-order valence-electron chi connectivity index (χ2n) is 2.08. The predicted octanol–water partition coefficient (Wildman–Crippen LogP) is 3.71. The predicted molar refractivity (Wildman–Crippen MR) is 52.3 cm³/mol. The van der Waals surface area contributed by atoms with Crippen molar-refractivity contribution in [2.75, 3.05) is 0 Å². The number of benzene rings is 1. The summed E-state index contributed by atoms with van der Waals surface area (Å²) in [5.41, 5.74) is 0.953. The monoisotopic (exact) mass is 247 g/mol. The lowest BCUT2D eigenvalue weighted by atomic mass is 10.3. The van der Waals surface area contributed by atoms with E-state index in [1.807, 2.05) is 18.2 Å². The smallest absolute Gasteiger partial charge is 0.160 e. The third kappa shape index (κ3) is 1.41. The van der Waals surface area contributed by atoms with Crippen LogP contribution in [0.5, 0.6) is 0 Å². The number of fused-ring (bicyclic) bond motifs is 1. The first-order valence-electron chi connectivity index (χ1n) is 2.97. The van der Waals surface area contributed by atoms with Gasteiger partial charge in [0.05, 0.1) is 10.2 Å². The SMILES string of the molecule is Clc1ccc2sc(Br)nc2c1. The number of hydrogen-bond donors (Lipinski definition) is 0. The summed E-state index contributed by atoms with van der Waals surface area (Å²) in [7, 11) is 0. The molecular formula is C7H3BrClNS. The number of hydrogen-bond acceptors (Lipinski definition) is 2. The largest absolute Gasteiger partial charge is 0.229 e. The van der Waals surface area contributed by atoms with E-state index in [2.05, 4.69) is 20.9 Å². The Balaban J connectivity index is 2.82. The Morgan fingerprint density at radius 1 is 1.45 bits per heavy atom. The van der Waals surface area contributed by atoms with Crippen molar-refractivity contribution < 1.29 is 0 Å². The van der Waals surface area contributed by atoms with Crippen molar-refractivity contribution in [2.24, 2.45) is 0 Å². The molecule has 56 valence electrons. The van der Waals surface area contributed by atoms with Gasteiger partial charge in [0, 0.05) is 5.02 Å². The van der Waals surface area contributed by atoms with Crippen molar-refractivity contribution in [1.29, 1.82) is 0 Å². The summed E-state index contributed by atoms with van der Waals surface area (Å²) in [6, 6.07) is 5.70. The molecule has 0 radical (unpaired) electrons. The minimum absolute atomic E-state index is 0.732. The van der Waals surface area contributed by atoms with Crippen molar-refractivity contribution >= 4 is 49.1 Å². The van der Waals surface area contributed by atoms with E-state index >= 15 is 0 Å². The summed E-state index contributed by atoms with van der Waals surface area (Å²) in [5.74, 6) is 0. The lowest BCUT2D eigenvalue weighted by molar-refractivity contribution is 1.45. The molecular weight excluding hydrogens is 246 g/mol. The van der Waals surface area contributed by atoms with Gasteiger partial charge in [-0.2, -0.15) is 0 Å². The number of thiazole rings is 1. The molecule has 1 aromatic heterocycles. The Hall–Kier alpha value is -0.120. The molecule has 0 saturated carbocycles. The fourth-order valence-corrected chi connectivity index (χ4v) is 2.42. The molecule has 0 aliphatic heterocycles. The number of rotatable bonds is 0. The van der Waals surface area contributed by atoms with Crippen LogP contribution in [0.1, 0.15) is 0 Å². The molecule has 4 heteroatoms. The van der Waals surface area contributed by atoms with Gasteiger partial charge in [-0.1, -0.05) is 11.6 Å². The highest BCUT2D eigenvalue weighted by molar-refractivity contribution is 9.11. The van der Waals surface area contributed by atoms with Crippen LogP contribution in [0.3, 0.4) is 0 Å². The van der Waals surface area contributed by atoms with E-state index in [0.29, 0.717) is 0 Å². The van der Waals surface area contributed by atoms with E-state index < -0.39 is 0 Å². The molecule has 0 unspecified atom stereocenters. The van der Waals surface area contributed by atoms with Crippen molar-refractivity contribution in [1.82, 2.24) is 4.98 Å². The van der Waals surface area contributed by atoms with Crippen molar-refractivity contribution in [3.05, 3.63) is 27.1 Å². The summed E-state index contributed by atoms with van der Waals surface area (Å²) in [4.78, 5) is 4.22. The molecule has 0 aliphatic carbocycles. The molecule has 0 saturated heterocycles. The van der Waals surface area contributed by atoms with Gasteiger partial charge >= 0.3 is 0 Å². The van der Waals surface area contributed by atoms with Crippen LogP contribution in [0.4, 0.5) is 0 Å². The maximum atomic E-state index is 5.78. The Morgan fingerprint density at radius 3 is 3.09 bits per heavy atom. The van der Waals surface area contributed by atoms with Crippen LogP contribution < -0.4 is 0 Å². The molecule has 0 spiro atoms. The lowest BCUT2D eigenvalue weighted by Gasteiger charge is -1.86. The highest BCUT2D eigenvalue weighted by Gasteiger charge is 2.00. The first kappa shape index (κ1) is 7.53. The highest BCUT2D eigenvalue weighted by Crippen LogP contribution is 2.27.